The third-order valence-electron chi connectivity index (χ3n) is 1.93. The van der Waals surface area contributed by atoms with Gasteiger partial charge in [0, 0.05) is 16.9 Å². The van der Waals surface area contributed by atoms with Crippen LogP contribution in [0.1, 0.15) is 11.4 Å². The molecule has 2 aromatic rings. The van der Waals surface area contributed by atoms with Crippen molar-refractivity contribution in [2.45, 2.75) is 6.92 Å². The molecule has 0 atom stereocenters. The summed E-state index contributed by atoms with van der Waals surface area (Å²) < 4.78 is 2.09. The maximum absolute atomic E-state index is 4.44. The first-order valence-electron chi connectivity index (χ1n) is 3.90. The summed E-state index contributed by atoms with van der Waals surface area (Å²) in [4.78, 5) is 5.48. The molecule has 0 aromatic carbocycles. The minimum absolute atomic E-state index is 0.789. The van der Waals surface area contributed by atoms with E-state index in [1.54, 1.807) is 11.3 Å². The topological polar surface area (TPSA) is 17.3 Å². The molecule has 2 heterocycles. The molecule has 0 radical (unpaired) electrons. The van der Waals surface area contributed by atoms with E-state index in [1.807, 2.05) is 18.5 Å². The number of allylic oxidation sites excluding steroid dienone is 1. The molecule has 0 aliphatic rings. The van der Waals surface area contributed by atoms with E-state index in [4.69, 9.17) is 0 Å². The molecule has 2 rings (SSSR count). The molecule has 68 valence electrons. The highest BCUT2D eigenvalue weighted by Crippen LogP contribution is 2.23. The van der Waals surface area contributed by atoms with Crippen LogP contribution < -0.4 is 0 Å². The van der Waals surface area contributed by atoms with E-state index in [0.717, 1.165) is 27.3 Å². The second kappa shape index (κ2) is 3.27. The number of hydrogen-bond acceptors (Lipinski definition) is 2. The van der Waals surface area contributed by atoms with Crippen LogP contribution in [0.5, 0.6) is 0 Å². The number of aryl methyl sites for hydroxylation is 1. The van der Waals surface area contributed by atoms with Crippen LogP contribution in [-0.4, -0.2) is 14.7 Å². The predicted molar refractivity (Wildman–Crippen MR) is 60.6 cm³/mol. The lowest BCUT2D eigenvalue weighted by Crippen LogP contribution is -1.91. The van der Waals surface area contributed by atoms with Crippen LogP contribution in [0.3, 0.4) is 0 Å². The molecule has 2 aromatic heterocycles. The number of aromatic nitrogens is 2. The van der Waals surface area contributed by atoms with Gasteiger partial charge in [-0.1, -0.05) is 22.5 Å². The smallest absolute Gasteiger partial charge is 0.194 e. The fourth-order valence-electron chi connectivity index (χ4n) is 1.38. The standard InChI is InChI=1S/C9H9BrN2S/c1-6(5-10)8-7(2)11-9-12(8)3-4-13-9/h3-4H,1,5H2,2H3. The summed E-state index contributed by atoms with van der Waals surface area (Å²) in [6.07, 6.45) is 2.03. The van der Waals surface area contributed by atoms with Gasteiger partial charge in [-0.05, 0) is 12.5 Å². The van der Waals surface area contributed by atoms with Crippen LogP contribution in [0.2, 0.25) is 0 Å². The van der Waals surface area contributed by atoms with Crippen molar-refractivity contribution in [2.75, 3.05) is 5.33 Å². The van der Waals surface area contributed by atoms with Crippen LogP contribution in [-0.2, 0) is 0 Å². The first kappa shape index (κ1) is 8.97. The van der Waals surface area contributed by atoms with Crippen LogP contribution >= 0.6 is 27.3 Å². The van der Waals surface area contributed by atoms with Crippen molar-refractivity contribution in [3.05, 3.63) is 29.5 Å². The fourth-order valence-corrected chi connectivity index (χ4v) is 2.41. The summed E-state index contributed by atoms with van der Waals surface area (Å²) in [6.45, 7) is 6.02. The van der Waals surface area contributed by atoms with Gasteiger partial charge in [0.1, 0.15) is 0 Å². The van der Waals surface area contributed by atoms with Gasteiger partial charge < -0.3 is 0 Å². The third-order valence-corrected chi connectivity index (χ3v) is 3.37. The Hall–Kier alpha value is -0.610. The largest absolute Gasteiger partial charge is 0.290 e. The molecule has 4 heteroatoms. The number of nitrogens with zero attached hydrogens (tertiary/aromatic N) is 2. The van der Waals surface area contributed by atoms with Crippen LogP contribution in [0.25, 0.3) is 10.5 Å². The van der Waals surface area contributed by atoms with Gasteiger partial charge in [0.25, 0.3) is 0 Å². The molecule has 0 spiro atoms. The molecule has 13 heavy (non-hydrogen) atoms. The maximum atomic E-state index is 4.44. The molecular weight excluding hydrogens is 248 g/mol. The monoisotopic (exact) mass is 256 g/mol. The van der Waals surface area contributed by atoms with E-state index in [9.17, 15) is 0 Å². The minimum Gasteiger partial charge on any atom is -0.290 e. The maximum Gasteiger partial charge on any atom is 0.194 e. The third kappa shape index (κ3) is 1.34. The summed E-state index contributed by atoms with van der Waals surface area (Å²) in [5.74, 6) is 0. The lowest BCUT2D eigenvalue weighted by molar-refractivity contribution is 1.18. The quantitative estimate of drug-likeness (QED) is 0.755. The van der Waals surface area contributed by atoms with E-state index in [2.05, 4.69) is 31.9 Å². The zero-order valence-electron chi connectivity index (χ0n) is 7.25. The van der Waals surface area contributed by atoms with Gasteiger partial charge in [0.15, 0.2) is 4.96 Å². The number of thiazole rings is 1. The lowest BCUT2D eigenvalue weighted by atomic mass is 10.2. The Morgan fingerprint density at radius 3 is 3.23 bits per heavy atom. The first-order valence-corrected chi connectivity index (χ1v) is 5.90. The SMILES string of the molecule is C=C(CBr)c1c(C)nc2sccn12. The van der Waals surface area contributed by atoms with Crippen molar-refractivity contribution in [2.24, 2.45) is 0 Å². The average molecular weight is 257 g/mol. The van der Waals surface area contributed by atoms with E-state index in [0.29, 0.717) is 0 Å². The van der Waals surface area contributed by atoms with Gasteiger partial charge in [0.2, 0.25) is 0 Å². The summed E-state index contributed by atoms with van der Waals surface area (Å²) in [6, 6.07) is 0. The van der Waals surface area contributed by atoms with E-state index >= 15 is 0 Å². The zero-order chi connectivity index (χ0) is 9.42. The van der Waals surface area contributed by atoms with Crippen molar-refractivity contribution in [3.63, 3.8) is 0 Å². The molecule has 0 bridgehead atoms. The second-order valence-corrected chi connectivity index (χ2v) is 4.27. The molecule has 0 amide bonds. The molecule has 0 N–H and O–H groups in total. The highest BCUT2D eigenvalue weighted by molar-refractivity contribution is 9.09. The van der Waals surface area contributed by atoms with Gasteiger partial charge in [-0.15, -0.1) is 11.3 Å². The Labute approximate surface area is 89.0 Å². The Bertz CT molecular complexity index is 455. The molecule has 0 saturated carbocycles. The van der Waals surface area contributed by atoms with Crippen LogP contribution in [0.15, 0.2) is 18.2 Å². The summed E-state index contributed by atoms with van der Waals surface area (Å²) >= 11 is 5.05. The highest BCUT2D eigenvalue weighted by atomic mass is 79.9. The average Bonchev–Trinajstić information content (AvgIpc) is 2.62. The van der Waals surface area contributed by atoms with Crippen molar-refractivity contribution in [1.29, 1.82) is 0 Å². The molecule has 2 nitrogen and oxygen atoms in total. The Kier molecular flexibility index (Phi) is 2.26. The summed E-state index contributed by atoms with van der Waals surface area (Å²) in [5.41, 5.74) is 3.26. The van der Waals surface area contributed by atoms with Crippen LogP contribution in [0.4, 0.5) is 0 Å². The van der Waals surface area contributed by atoms with Crippen molar-refractivity contribution >= 4 is 37.8 Å². The zero-order valence-corrected chi connectivity index (χ0v) is 9.65. The highest BCUT2D eigenvalue weighted by Gasteiger charge is 2.10. The summed E-state index contributed by atoms with van der Waals surface area (Å²) in [5, 5.41) is 2.82. The van der Waals surface area contributed by atoms with Gasteiger partial charge in [0.05, 0.1) is 11.4 Å². The Morgan fingerprint density at radius 1 is 1.77 bits per heavy atom. The van der Waals surface area contributed by atoms with Gasteiger partial charge in [-0.2, -0.15) is 0 Å². The van der Waals surface area contributed by atoms with Crippen LogP contribution in [0, 0.1) is 6.92 Å². The number of hydrogen-bond donors (Lipinski definition) is 0. The van der Waals surface area contributed by atoms with Gasteiger partial charge >= 0.3 is 0 Å². The van der Waals surface area contributed by atoms with E-state index in [-0.39, 0.29) is 0 Å². The van der Waals surface area contributed by atoms with E-state index in [1.165, 1.54) is 0 Å². The van der Waals surface area contributed by atoms with Crippen molar-refractivity contribution in [3.8, 4) is 0 Å². The number of rotatable bonds is 2. The molecular formula is C9H9BrN2S. The molecule has 0 unspecified atom stereocenters. The second-order valence-electron chi connectivity index (χ2n) is 2.84. The molecule has 0 fully saturated rings. The Balaban J connectivity index is 2.70. The molecule has 0 saturated heterocycles. The number of imidazole rings is 1. The Morgan fingerprint density at radius 2 is 2.54 bits per heavy atom. The minimum atomic E-state index is 0.789. The van der Waals surface area contributed by atoms with Crippen molar-refractivity contribution in [1.82, 2.24) is 9.38 Å². The van der Waals surface area contributed by atoms with Gasteiger partial charge in [-0.3, -0.25) is 4.40 Å². The number of alkyl halides is 1. The summed E-state index contributed by atoms with van der Waals surface area (Å²) in [7, 11) is 0. The van der Waals surface area contributed by atoms with E-state index < -0.39 is 0 Å². The van der Waals surface area contributed by atoms with Crippen molar-refractivity contribution < 1.29 is 0 Å². The number of halogens is 1. The molecule has 0 aliphatic carbocycles. The number of fused-ring (bicyclic) bond motifs is 1. The normalized spacial score (nSPS) is 10.9. The fraction of sp³-hybridized carbons (Fsp3) is 0.222. The predicted octanol–water partition coefficient (Wildman–Crippen LogP) is 3.11. The van der Waals surface area contributed by atoms with Gasteiger partial charge in [-0.25, -0.2) is 4.98 Å². The first-order chi connectivity index (χ1) is 6.24. The molecule has 0 aliphatic heterocycles. The lowest BCUT2D eigenvalue weighted by Gasteiger charge is -2.00.